The second-order valence-corrected chi connectivity index (χ2v) is 4.70. The number of para-hydroxylation sites is 1. The summed E-state index contributed by atoms with van der Waals surface area (Å²) >= 11 is 0. The van der Waals surface area contributed by atoms with Crippen LogP contribution >= 0.6 is 0 Å². The molecule has 0 amide bonds. The molecule has 0 atom stereocenters. The summed E-state index contributed by atoms with van der Waals surface area (Å²) in [5, 5.41) is 16.1. The van der Waals surface area contributed by atoms with Gasteiger partial charge in [-0.05, 0) is 24.1 Å². The maximum Gasteiger partial charge on any atom is 0.172 e. The van der Waals surface area contributed by atoms with Gasteiger partial charge in [0.05, 0.1) is 6.20 Å². The van der Waals surface area contributed by atoms with Crippen LogP contribution in [-0.2, 0) is 13.5 Å². The Bertz CT molecular complexity index is 605. The van der Waals surface area contributed by atoms with Crippen LogP contribution < -0.4 is 10.6 Å². The highest BCUT2D eigenvalue weighted by atomic mass is 16.4. The molecule has 0 radical (unpaired) electrons. The van der Waals surface area contributed by atoms with E-state index in [0.717, 1.165) is 24.2 Å². The lowest BCUT2D eigenvalue weighted by Gasteiger charge is -2.21. The molecule has 20 heavy (non-hydrogen) atoms. The Morgan fingerprint density at radius 1 is 1.45 bits per heavy atom. The van der Waals surface area contributed by atoms with Crippen molar-refractivity contribution in [2.45, 2.75) is 6.42 Å². The van der Waals surface area contributed by atoms with Gasteiger partial charge in [-0.3, -0.25) is 4.68 Å². The van der Waals surface area contributed by atoms with Crippen LogP contribution in [-0.4, -0.2) is 34.4 Å². The molecular weight excluding hydrogens is 254 g/mol. The molecule has 1 aromatic carbocycles. The number of hydrogen-bond acceptors (Lipinski definition) is 4. The van der Waals surface area contributed by atoms with Crippen LogP contribution in [0.3, 0.4) is 0 Å². The summed E-state index contributed by atoms with van der Waals surface area (Å²) in [6, 6.07) is 7.59. The van der Waals surface area contributed by atoms with Gasteiger partial charge in [-0.1, -0.05) is 17.3 Å². The van der Waals surface area contributed by atoms with Crippen LogP contribution in [0.5, 0.6) is 0 Å². The predicted molar refractivity (Wildman–Crippen MR) is 79.1 cm³/mol. The first kappa shape index (κ1) is 13.9. The number of aromatic nitrogens is 2. The number of aryl methyl sites for hydroxylation is 1. The molecule has 6 nitrogen and oxygen atoms in total. The molecule has 0 saturated heterocycles. The molecule has 0 aliphatic rings. The van der Waals surface area contributed by atoms with E-state index in [1.807, 2.05) is 50.8 Å². The van der Waals surface area contributed by atoms with Crippen molar-refractivity contribution in [1.82, 2.24) is 9.78 Å². The smallest absolute Gasteiger partial charge is 0.172 e. The number of nitrogens with two attached hydrogens (primary N) is 1. The molecule has 0 spiro atoms. The van der Waals surface area contributed by atoms with E-state index in [0.29, 0.717) is 0 Å². The van der Waals surface area contributed by atoms with Crippen molar-refractivity contribution in [2.24, 2.45) is 17.9 Å². The van der Waals surface area contributed by atoms with E-state index in [1.54, 1.807) is 4.68 Å². The number of anilines is 1. The maximum absolute atomic E-state index is 8.84. The van der Waals surface area contributed by atoms with Crippen molar-refractivity contribution in [3.63, 3.8) is 0 Å². The Morgan fingerprint density at radius 2 is 2.20 bits per heavy atom. The Hall–Kier alpha value is -2.50. The summed E-state index contributed by atoms with van der Waals surface area (Å²) in [6.07, 6.45) is 4.75. The minimum atomic E-state index is 0.119. The van der Waals surface area contributed by atoms with Gasteiger partial charge < -0.3 is 15.8 Å². The average molecular weight is 273 g/mol. The Morgan fingerprint density at radius 3 is 2.85 bits per heavy atom. The zero-order chi connectivity index (χ0) is 14.5. The Labute approximate surface area is 118 Å². The van der Waals surface area contributed by atoms with Gasteiger partial charge in [-0.2, -0.15) is 5.10 Å². The summed E-state index contributed by atoms with van der Waals surface area (Å²) in [5.74, 6) is 0.119. The lowest BCUT2D eigenvalue weighted by atomic mass is 10.1. The highest BCUT2D eigenvalue weighted by molar-refractivity contribution is 6.02. The van der Waals surface area contributed by atoms with Gasteiger partial charge in [0.1, 0.15) is 0 Å². The third-order valence-corrected chi connectivity index (χ3v) is 3.19. The van der Waals surface area contributed by atoms with Crippen molar-refractivity contribution < 1.29 is 5.21 Å². The third-order valence-electron chi connectivity index (χ3n) is 3.19. The molecule has 3 N–H and O–H groups in total. The van der Waals surface area contributed by atoms with Gasteiger partial charge in [0.25, 0.3) is 0 Å². The predicted octanol–water partition coefficient (Wildman–Crippen LogP) is 1.19. The van der Waals surface area contributed by atoms with Gasteiger partial charge in [-0.25, -0.2) is 0 Å². The average Bonchev–Trinajstić information content (AvgIpc) is 2.89. The zero-order valence-corrected chi connectivity index (χ0v) is 11.7. The maximum atomic E-state index is 8.84. The molecule has 106 valence electrons. The van der Waals surface area contributed by atoms with E-state index in [1.165, 1.54) is 5.56 Å². The lowest BCUT2D eigenvalue weighted by molar-refractivity contribution is 0.318. The fraction of sp³-hybridized carbons (Fsp3) is 0.286. The van der Waals surface area contributed by atoms with Crippen molar-refractivity contribution in [3.8, 4) is 0 Å². The molecule has 0 aliphatic carbocycles. The topological polar surface area (TPSA) is 79.7 Å². The van der Waals surface area contributed by atoms with Crippen molar-refractivity contribution in [1.29, 1.82) is 0 Å². The largest absolute Gasteiger partial charge is 0.409 e. The Balaban J connectivity index is 2.11. The number of amidine groups is 1. The molecule has 0 fully saturated rings. The second-order valence-electron chi connectivity index (χ2n) is 4.70. The minimum absolute atomic E-state index is 0.119. The van der Waals surface area contributed by atoms with Gasteiger partial charge in [0, 0.05) is 38.1 Å². The quantitative estimate of drug-likeness (QED) is 0.371. The van der Waals surface area contributed by atoms with Crippen molar-refractivity contribution >= 4 is 11.5 Å². The molecule has 0 saturated carbocycles. The highest BCUT2D eigenvalue weighted by Crippen LogP contribution is 2.19. The first-order valence-electron chi connectivity index (χ1n) is 6.37. The van der Waals surface area contributed by atoms with Crippen LogP contribution in [0.25, 0.3) is 0 Å². The second kappa shape index (κ2) is 6.10. The molecule has 2 rings (SSSR count). The van der Waals surface area contributed by atoms with E-state index >= 15 is 0 Å². The van der Waals surface area contributed by atoms with Crippen LogP contribution in [0.2, 0.25) is 0 Å². The molecule has 0 unspecified atom stereocenters. The number of oxime groups is 1. The fourth-order valence-electron chi connectivity index (χ4n) is 2.10. The molecular formula is C14H19N5O. The standard InChI is InChI=1S/C14H19N5O/c1-18(8-7-11-9-16-19(2)10-11)13-6-4-3-5-12(13)14(15)17-20/h3-6,9-10,20H,7-8H2,1-2H3,(H2,15,17). The van der Waals surface area contributed by atoms with Gasteiger partial charge in [0.15, 0.2) is 5.84 Å². The minimum Gasteiger partial charge on any atom is -0.409 e. The lowest BCUT2D eigenvalue weighted by Crippen LogP contribution is -2.24. The molecule has 2 aromatic rings. The first-order chi connectivity index (χ1) is 9.61. The van der Waals surface area contributed by atoms with E-state index in [4.69, 9.17) is 10.9 Å². The van der Waals surface area contributed by atoms with Gasteiger partial charge in [0.2, 0.25) is 0 Å². The zero-order valence-electron chi connectivity index (χ0n) is 11.7. The number of benzene rings is 1. The molecule has 0 bridgehead atoms. The van der Waals surface area contributed by atoms with E-state index in [2.05, 4.69) is 15.2 Å². The number of rotatable bonds is 5. The van der Waals surface area contributed by atoms with Crippen LogP contribution in [0, 0.1) is 0 Å². The molecule has 1 heterocycles. The van der Waals surface area contributed by atoms with E-state index < -0.39 is 0 Å². The monoisotopic (exact) mass is 273 g/mol. The summed E-state index contributed by atoms with van der Waals surface area (Å²) in [6.45, 7) is 0.821. The molecule has 0 aliphatic heterocycles. The summed E-state index contributed by atoms with van der Waals surface area (Å²) in [4.78, 5) is 2.08. The fourth-order valence-corrected chi connectivity index (χ4v) is 2.10. The molecule has 6 heteroatoms. The third kappa shape index (κ3) is 3.09. The summed E-state index contributed by atoms with van der Waals surface area (Å²) < 4.78 is 1.79. The highest BCUT2D eigenvalue weighted by Gasteiger charge is 2.10. The van der Waals surface area contributed by atoms with Crippen molar-refractivity contribution in [2.75, 3.05) is 18.5 Å². The van der Waals surface area contributed by atoms with Gasteiger partial charge in [-0.15, -0.1) is 0 Å². The van der Waals surface area contributed by atoms with Crippen LogP contribution in [0.1, 0.15) is 11.1 Å². The first-order valence-corrected chi connectivity index (χ1v) is 6.37. The van der Waals surface area contributed by atoms with Crippen LogP contribution in [0.4, 0.5) is 5.69 Å². The molecule has 1 aromatic heterocycles. The summed E-state index contributed by atoms with van der Waals surface area (Å²) in [7, 11) is 3.89. The number of nitrogens with zero attached hydrogens (tertiary/aromatic N) is 4. The number of hydrogen-bond donors (Lipinski definition) is 2. The van der Waals surface area contributed by atoms with E-state index in [9.17, 15) is 0 Å². The van der Waals surface area contributed by atoms with Gasteiger partial charge >= 0.3 is 0 Å². The van der Waals surface area contributed by atoms with Crippen LogP contribution in [0.15, 0.2) is 41.8 Å². The Kier molecular flexibility index (Phi) is 4.24. The summed E-state index contributed by atoms with van der Waals surface area (Å²) in [5.41, 5.74) is 8.55. The van der Waals surface area contributed by atoms with E-state index in [-0.39, 0.29) is 5.84 Å². The normalized spacial score (nSPS) is 11.6. The van der Waals surface area contributed by atoms with Crippen molar-refractivity contribution in [3.05, 3.63) is 47.8 Å². The SMILES string of the molecule is CN(CCc1cnn(C)c1)c1ccccc1/C(N)=N/O. The number of likely N-dealkylation sites (N-methyl/N-ethyl adjacent to an activating group) is 1.